The summed E-state index contributed by atoms with van der Waals surface area (Å²) < 4.78 is 5.56. The minimum absolute atomic E-state index is 0.527. The average molecular weight is 290 g/mol. The lowest BCUT2D eigenvalue weighted by atomic mass is 10.1. The molecule has 0 saturated carbocycles. The second-order valence-corrected chi connectivity index (χ2v) is 5.52. The predicted molar refractivity (Wildman–Crippen MR) is 78.9 cm³/mol. The molecule has 4 heteroatoms. The summed E-state index contributed by atoms with van der Waals surface area (Å²) in [4.78, 5) is 0. The van der Waals surface area contributed by atoms with Gasteiger partial charge in [0.2, 0.25) is 0 Å². The first-order valence-electron chi connectivity index (χ1n) is 6.38. The lowest BCUT2D eigenvalue weighted by molar-refractivity contribution is 0.313. The van der Waals surface area contributed by atoms with Crippen LogP contribution in [0.2, 0.25) is 10.0 Å². The molecule has 0 aliphatic rings. The van der Waals surface area contributed by atoms with Crippen molar-refractivity contribution in [3.8, 4) is 5.75 Å². The highest BCUT2D eigenvalue weighted by atomic mass is 35.5. The molecule has 0 aliphatic carbocycles. The lowest BCUT2D eigenvalue weighted by Crippen LogP contribution is -2.22. The van der Waals surface area contributed by atoms with Crippen LogP contribution in [0, 0.1) is 5.92 Å². The first-order valence-corrected chi connectivity index (χ1v) is 7.13. The number of benzene rings is 1. The van der Waals surface area contributed by atoms with Crippen LogP contribution in [-0.2, 0) is 0 Å². The molecule has 1 N–H and O–H groups in total. The van der Waals surface area contributed by atoms with Gasteiger partial charge in [-0.05, 0) is 37.4 Å². The molecule has 1 aromatic carbocycles. The van der Waals surface area contributed by atoms with E-state index in [1.807, 2.05) is 6.07 Å². The van der Waals surface area contributed by atoms with Crippen molar-refractivity contribution >= 4 is 23.2 Å². The number of rotatable bonds is 8. The predicted octanol–water partition coefficient (Wildman–Crippen LogP) is 4.40. The van der Waals surface area contributed by atoms with Gasteiger partial charge in [-0.2, -0.15) is 0 Å². The number of hydrogen-bond donors (Lipinski definition) is 1. The van der Waals surface area contributed by atoms with Crippen molar-refractivity contribution in [2.75, 3.05) is 19.7 Å². The van der Waals surface area contributed by atoms with Gasteiger partial charge in [-0.25, -0.2) is 0 Å². The van der Waals surface area contributed by atoms with Crippen LogP contribution in [-0.4, -0.2) is 19.7 Å². The Kier molecular flexibility index (Phi) is 7.48. The summed E-state index contributed by atoms with van der Waals surface area (Å²) in [5, 5.41) is 4.43. The van der Waals surface area contributed by atoms with E-state index in [1.165, 1.54) is 12.8 Å². The summed E-state index contributed by atoms with van der Waals surface area (Å²) in [5.41, 5.74) is 0. The summed E-state index contributed by atoms with van der Waals surface area (Å²) in [7, 11) is 0. The van der Waals surface area contributed by atoms with E-state index in [0.717, 1.165) is 24.8 Å². The third-order valence-electron chi connectivity index (χ3n) is 2.57. The van der Waals surface area contributed by atoms with Crippen molar-refractivity contribution < 1.29 is 4.74 Å². The fourth-order valence-electron chi connectivity index (χ4n) is 1.57. The molecule has 0 spiro atoms. The van der Waals surface area contributed by atoms with Gasteiger partial charge in [0.05, 0.1) is 10.0 Å². The van der Waals surface area contributed by atoms with E-state index in [2.05, 4.69) is 19.2 Å². The van der Waals surface area contributed by atoms with E-state index in [4.69, 9.17) is 27.9 Å². The monoisotopic (exact) mass is 289 g/mol. The third-order valence-corrected chi connectivity index (χ3v) is 3.31. The minimum atomic E-state index is 0.527. The molecule has 102 valence electrons. The van der Waals surface area contributed by atoms with Crippen molar-refractivity contribution in [1.82, 2.24) is 5.32 Å². The standard InChI is InChI=1S/C14H21Cl2NO/c1-11(2)4-3-7-17-8-9-18-12-5-6-13(15)14(16)10-12/h5-6,10-11,17H,3-4,7-9H2,1-2H3. The first kappa shape index (κ1) is 15.6. The van der Waals surface area contributed by atoms with Gasteiger partial charge in [-0.3, -0.25) is 0 Å². The normalized spacial score (nSPS) is 10.9. The van der Waals surface area contributed by atoms with E-state index >= 15 is 0 Å². The molecular formula is C14H21Cl2NO. The molecule has 0 radical (unpaired) electrons. The smallest absolute Gasteiger partial charge is 0.120 e. The van der Waals surface area contributed by atoms with Crippen LogP contribution in [0.5, 0.6) is 5.75 Å². The van der Waals surface area contributed by atoms with Crippen LogP contribution in [0.1, 0.15) is 26.7 Å². The topological polar surface area (TPSA) is 21.3 Å². The molecule has 0 bridgehead atoms. The maximum atomic E-state index is 5.90. The zero-order chi connectivity index (χ0) is 13.4. The highest BCUT2D eigenvalue weighted by Crippen LogP contribution is 2.26. The molecule has 0 atom stereocenters. The Balaban J connectivity index is 2.09. The van der Waals surface area contributed by atoms with Crippen LogP contribution in [0.3, 0.4) is 0 Å². The maximum absolute atomic E-state index is 5.90. The van der Waals surface area contributed by atoms with Gasteiger partial charge in [0.15, 0.2) is 0 Å². The average Bonchev–Trinajstić information content (AvgIpc) is 2.32. The zero-order valence-electron chi connectivity index (χ0n) is 11.0. The molecule has 1 aromatic rings. The zero-order valence-corrected chi connectivity index (χ0v) is 12.5. The third kappa shape index (κ3) is 6.48. The molecule has 0 fully saturated rings. The summed E-state index contributed by atoms with van der Waals surface area (Å²) in [6.45, 7) is 7.02. The van der Waals surface area contributed by atoms with Crippen LogP contribution in [0.25, 0.3) is 0 Å². The van der Waals surface area contributed by atoms with Gasteiger partial charge in [0.1, 0.15) is 12.4 Å². The van der Waals surface area contributed by atoms with Gasteiger partial charge < -0.3 is 10.1 Å². The van der Waals surface area contributed by atoms with Crippen molar-refractivity contribution in [2.45, 2.75) is 26.7 Å². The minimum Gasteiger partial charge on any atom is -0.492 e. The molecule has 0 heterocycles. The number of hydrogen-bond acceptors (Lipinski definition) is 2. The van der Waals surface area contributed by atoms with Crippen molar-refractivity contribution in [1.29, 1.82) is 0 Å². The second kappa shape index (κ2) is 8.63. The molecule has 0 amide bonds. The Morgan fingerprint density at radius 2 is 1.94 bits per heavy atom. The number of nitrogens with one attached hydrogen (secondary N) is 1. The van der Waals surface area contributed by atoms with E-state index < -0.39 is 0 Å². The molecule has 0 aromatic heterocycles. The van der Waals surface area contributed by atoms with Crippen LogP contribution in [0.15, 0.2) is 18.2 Å². The van der Waals surface area contributed by atoms with Gasteiger partial charge in [-0.1, -0.05) is 37.0 Å². The quantitative estimate of drug-likeness (QED) is 0.717. The van der Waals surface area contributed by atoms with E-state index in [-0.39, 0.29) is 0 Å². The molecule has 1 rings (SSSR count). The molecule has 0 saturated heterocycles. The molecule has 18 heavy (non-hydrogen) atoms. The Morgan fingerprint density at radius 3 is 2.61 bits per heavy atom. The number of ether oxygens (including phenoxy) is 1. The Hall–Kier alpha value is -0.440. The Labute approximate surface area is 120 Å². The SMILES string of the molecule is CC(C)CCCNCCOc1ccc(Cl)c(Cl)c1. The van der Waals surface area contributed by atoms with Gasteiger partial charge in [0, 0.05) is 12.6 Å². The Morgan fingerprint density at radius 1 is 1.17 bits per heavy atom. The van der Waals surface area contributed by atoms with Crippen LogP contribution >= 0.6 is 23.2 Å². The van der Waals surface area contributed by atoms with Gasteiger partial charge in [-0.15, -0.1) is 0 Å². The van der Waals surface area contributed by atoms with Crippen molar-refractivity contribution in [3.05, 3.63) is 28.2 Å². The second-order valence-electron chi connectivity index (χ2n) is 4.71. The highest BCUT2D eigenvalue weighted by Gasteiger charge is 2.00. The summed E-state index contributed by atoms with van der Waals surface area (Å²) in [6, 6.07) is 5.31. The first-order chi connectivity index (χ1) is 8.59. The summed E-state index contributed by atoms with van der Waals surface area (Å²) >= 11 is 11.7. The van der Waals surface area contributed by atoms with E-state index in [0.29, 0.717) is 16.7 Å². The van der Waals surface area contributed by atoms with Crippen LogP contribution in [0.4, 0.5) is 0 Å². The van der Waals surface area contributed by atoms with Crippen molar-refractivity contribution in [3.63, 3.8) is 0 Å². The lowest BCUT2D eigenvalue weighted by Gasteiger charge is -2.09. The Bertz CT molecular complexity index is 356. The van der Waals surface area contributed by atoms with Gasteiger partial charge in [0.25, 0.3) is 0 Å². The van der Waals surface area contributed by atoms with E-state index in [1.54, 1.807) is 12.1 Å². The largest absolute Gasteiger partial charge is 0.492 e. The molecule has 2 nitrogen and oxygen atoms in total. The van der Waals surface area contributed by atoms with Crippen molar-refractivity contribution in [2.24, 2.45) is 5.92 Å². The molecule has 0 unspecified atom stereocenters. The number of halogens is 2. The highest BCUT2D eigenvalue weighted by molar-refractivity contribution is 6.42. The fraction of sp³-hybridized carbons (Fsp3) is 0.571. The molecule has 0 aliphatic heterocycles. The van der Waals surface area contributed by atoms with E-state index in [9.17, 15) is 0 Å². The fourth-order valence-corrected chi connectivity index (χ4v) is 1.86. The summed E-state index contributed by atoms with van der Waals surface area (Å²) in [6.07, 6.45) is 2.48. The van der Waals surface area contributed by atoms with Gasteiger partial charge >= 0.3 is 0 Å². The molecular weight excluding hydrogens is 269 g/mol. The summed E-state index contributed by atoms with van der Waals surface area (Å²) in [5.74, 6) is 1.53. The maximum Gasteiger partial charge on any atom is 0.120 e. The van der Waals surface area contributed by atoms with Crippen LogP contribution < -0.4 is 10.1 Å².